The zero-order chi connectivity index (χ0) is 11.6. The van der Waals surface area contributed by atoms with Crippen molar-refractivity contribution >= 4 is 11.9 Å². The van der Waals surface area contributed by atoms with Gasteiger partial charge in [-0.05, 0) is 20.8 Å². The Balaban J connectivity index is 3.05. The largest absolute Gasteiger partial charge is 0.465 e. The third-order valence-corrected chi connectivity index (χ3v) is 2.07. The highest BCUT2D eigenvalue weighted by Crippen LogP contribution is 2.22. The second-order valence-electron chi connectivity index (χ2n) is 3.60. The molecule has 7 heteroatoms. The number of nitrogens with zero attached hydrogens (tertiary/aromatic N) is 3. The molecule has 84 valence electrons. The van der Waals surface area contributed by atoms with Gasteiger partial charge in [0.15, 0.2) is 5.82 Å². The topological polar surface area (TPSA) is 109 Å². The minimum atomic E-state index is -0.963. The molecule has 1 aromatic heterocycles. The highest BCUT2D eigenvalue weighted by atomic mass is 16.5. The number of hydrogen-bond donors (Lipinski definition) is 2. The van der Waals surface area contributed by atoms with Crippen LogP contribution in [0.2, 0.25) is 0 Å². The number of nitrogen functional groups attached to an aromatic ring is 2. The molecule has 15 heavy (non-hydrogen) atoms. The molecule has 1 heterocycles. The fraction of sp³-hybridized carbons (Fsp3) is 0.625. The van der Waals surface area contributed by atoms with E-state index in [9.17, 15) is 4.79 Å². The molecule has 0 spiro atoms. The third kappa shape index (κ3) is 1.85. The van der Waals surface area contributed by atoms with Gasteiger partial charge >= 0.3 is 5.97 Å². The van der Waals surface area contributed by atoms with Crippen LogP contribution in [0.1, 0.15) is 26.6 Å². The van der Waals surface area contributed by atoms with Crippen LogP contribution >= 0.6 is 0 Å². The predicted molar refractivity (Wildman–Crippen MR) is 54.2 cm³/mol. The predicted octanol–water partition coefficient (Wildman–Crippen LogP) is -0.585. The average Bonchev–Trinajstić information content (AvgIpc) is 2.48. The number of aromatic nitrogens is 3. The summed E-state index contributed by atoms with van der Waals surface area (Å²) in [4.78, 5) is 11.6. The molecule has 0 saturated heterocycles. The summed E-state index contributed by atoms with van der Waals surface area (Å²) in [5.74, 6) is 5.50. The number of carbonyl (C=O) groups excluding carboxylic acids is 1. The molecule has 0 bridgehead atoms. The Hall–Kier alpha value is -1.79. The van der Waals surface area contributed by atoms with Crippen LogP contribution < -0.4 is 11.6 Å². The van der Waals surface area contributed by atoms with Gasteiger partial charge in [-0.1, -0.05) is 0 Å². The van der Waals surface area contributed by atoms with Crippen molar-refractivity contribution in [3.05, 3.63) is 5.82 Å². The lowest BCUT2D eigenvalue weighted by molar-refractivity contribution is -0.149. The molecule has 0 saturated carbocycles. The number of hydrogen-bond acceptors (Lipinski definition) is 6. The van der Waals surface area contributed by atoms with Crippen LogP contribution in [0.4, 0.5) is 5.95 Å². The molecular weight excluding hydrogens is 198 g/mol. The van der Waals surface area contributed by atoms with Crippen molar-refractivity contribution in [1.29, 1.82) is 0 Å². The first kappa shape index (κ1) is 11.3. The molecule has 0 aromatic carbocycles. The van der Waals surface area contributed by atoms with E-state index in [1.165, 1.54) is 0 Å². The van der Waals surface area contributed by atoms with Gasteiger partial charge in [0.1, 0.15) is 5.41 Å². The molecule has 0 unspecified atom stereocenters. The van der Waals surface area contributed by atoms with Crippen LogP contribution in [0.15, 0.2) is 0 Å². The second-order valence-corrected chi connectivity index (χ2v) is 3.60. The first-order valence-corrected chi connectivity index (χ1v) is 4.55. The Bertz CT molecular complexity index is 371. The Morgan fingerprint density at radius 3 is 2.53 bits per heavy atom. The fourth-order valence-corrected chi connectivity index (χ4v) is 1.13. The van der Waals surface area contributed by atoms with E-state index in [1.54, 1.807) is 20.8 Å². The number of ether oxygens (including phenoxy) is 1. The Labute approximate surface area is 87.4 Å². The molecule has 1 aromatic rings. The molecule has 0 fully saturated rings. The third-order valence-electron chi connectivity index (χ3n) is 2.07. The molecule has 4 N–H and O–H groups in total. The monoisotopic (exact) mass is 213 g/mol. The molecule has 7 nitrogen and oxygen atoms in total. The van der Waals surface area contributed by atoms with Crippen LogP contribution in [0.25, 0.3) is 0 Å². The maximum absolute atomic E-state index is 11.6. The Kier molecular flexibility index (Phi) is 2.83. The number of carbonyl (C=O) groups is 1. The van der Waals surface area contributed by atoms with E-state index in [0.29, 0.717) is 6.61 Å². The highest BCUT2D eigenvalue weighted by molar-refractivity contribution is 5.81. The van der Waals surface area contributed by atoms with Crippen molar-refractivity contribution in [2.24, 2.45) is 0 Å². The summed E-state index contributed by atoms with van der Waals surface area (Å²) in [6, 6.07) is 0. The standard InChI is InChI=1S/C8H15N5O2/c1-4-15-6(14)8(2,3)5-11-12-7(9)13(5)10/h4,10H2,1-3H3,(H2,9,12). The zero-order valence-electron chi connectivity index (χ0n) is 9.02. The smallest absolute Gasteiger partial charge is 0.319 e. The molecule has 0 atom stereocenters. The van der Waals surface area contributed by atoms with E-state index in [4.69, 9.17) is 16.3 Å². The lowest BCUT2D eigenvalue weighted by atomic mass is 9.93. The summed E-state index contributed by atoms with van der Waals surface area (Å²) in [6.45, 7) is 5.33. The maximum atomic E-state index is 11.6. The summed E-state index contributed by atoms with van der Waals surface area (Å²) in [6.07, 6.45) is 0. The summed E-state index contributed by atoms with van der Waals surface area (Å²) in [7, 11) is 0. The second kappa shape index (κ2) is 3.76. The van der Waals surface area contributed by atoms with Gasteiger partial charge in [0.2, 0.25) is 5.95 Å². The van der Waals surface area contributed by atoms with Crippen LogP contribution in [0.3, 0.4) is 0 Å². The molecule has 0 aliphatic carbocycles. The van der Waals surface area contributed by atoms with Crippen LogP contribution in [0, 0.1) is 0 Å². The van der Waals surface area contributed by atoms with Gasteiger partial charge in [-0.25, -0.2) is 4.68 Å². The SMILES string of the molecule is CCOC(=O)C(C)(C)c1nnc(N)n1N. The minimum absolute atomic E-state index is 0.0578. The van der Waals surface area contributed by atoms with Crippen molar-refractivity contribution in [1.82, 2.24) is 14.9 Å². The maximum Gasteiger partial charge on any atom is 0.319 e. The van der Waals surface area contributed by atoms with Crippen molar-refractivity contribution < 1.29 is 9.53 Å². The lowest BCUT2D eigenvalue weighted by Gasteiger charge is -2.20. The summed E-state index contributed by atoms with van der Waals surface area (Å²) >= 11 is 0. The van der Waals surface area contributed by atoms with Gasteiger partial charge in [-0.3, -0.25) is 4.79 Å². The van der Waals surface area contributed by atoms with Crippen molar-refractivity contribution in [2.75, 3.05) is 18.2 Å². The van der Waals surface area contributed by atoms with E-state index < -0.39 is 11.4 Å². The molecular formula is C8H15N5O2. The summed E-state index contributed by atoms with van der Waals surface area (Å²) < 4.78 is 5.99. The first-order valence-electron chi connectivity index (χ1n) is 4.55. The van der Waals surface area contributed by atoms with Gasteiger partial charge < -0.3 is 16.3 Å². The van der Waals surface area contributed by atoms with Crippen molar-refractivity contribution in [2.45, 2.75) is 26.2 Å². The van der Waals surface area contributed by atoms with E-state index in [2.05, 4.69) is 10.2 Å². The summed E-state index contributed by atoms with van der Waals surface area (Å²) in [5.41, 5.74) is 4.46. The van der Waals surface area contributed by atoms with Gasteiger partial charge in [0.05, 0.1) is 6.61 Å². The lowest BCUT2D eigenvalue weighted by Crippen LogP contribution is -2.36. The van der Waals surface area contributed by atoms with E-state index >= 15 is 0 Å². The van der Waals surface area contributed by atoms with Gasteiger partial charge in [-0.15, -0.1) is 10.2 Å². The average molecular weight is 213 g/mol. The van der Waals surface area contributed by atoms with Crippen molar-refractivity contribution in [3.63, 3.8) is 0 Å². The van der Waals surface area contributed by atoms with Crippen molar-refractivity contribution in [3.8, 4) is 0 Å². The Morgan fingerprint density at radius 2 is 2.13 bits per heavy atom. The van der Waals surface area contributed by atoms with Gasteiger partial charge in [0, 0.05) is 0 Å². The van der Waals surface area contributed by atoms with Crippen LogP contribution in [-0.2, 0) is 14.9 Å². The van der Waals surface area contributed by atoms with Gasteiger partial charge in [0.25, 0.3) is 0 Å². The minimum Gasteiger partial charge on any atom is -0.465 e. The Morgan fingerprint density at radius 1 is 1.53 bits per heavy atom. The van der Waals surface area contributed by atoms with Crippen LogP contribution in [0.5, 0.6) is 0 Å². The van der Waals surface area contributed by atoms with E-state index in [1.807, 2.05) is 0 Å². The number of nitrogens with two attached hydrogens (primary N) is 2. The number of anilines is 1. The fourth-order valence-electron chi connectivity index (χ4n) is 1.13. The molecule has 0 amide bonds. The van der Waals surface area contributed by atoms with Gasteiger partial charge in [-0.2, -0.15) is 0 Å². The molecule has 0 aliphatic heterocycles. The van der Waals surface area contributed by atoms with E-state index in [-0.39, 0.29) is 11.8 Å². The van der Waals surface area contributed by atoms with Crippen LogP contribution in [-0.4, -0.2) is 27.4 Å². The molecule has 1 rings (SSSR count). The van der Waals surface area contributed by atoms with E-state index in [0.717, 1.165) is 4.68 Å². The quantitative estimate of drug-likeness (QED) is 0.513. The highest BCUT2D eigenvalue weighted by Gasteiger charge is 2.37. The number of rotatable bonds is 3. The molecule has 0 radical (unpaired) electrons. The zero-order valence-corrected chi connectivity index (χ0v) is 9.02. The normalized spacial score (nSPS) is 11.4. The number of esters is 1. The summed E-state index contributed by atoms with van der Waals surface area (Å²) in [5, 5.41) is 7.34. The molecule has 0 aliphatic rings. The first-order chi connectivity index (χ1) is 6.91.